The molecule has 112 valence electrons. The van der Waals surface area contributed by atoms with E-state index in [9.17, 15) is 4.39 Å². The summed E-state index contributed by atoms with van der Waals surface area (Å²) in [4.78, 5) is 2.53. The van der Waals surface area contributed by atoms with Gasteiger partial charge in [0.05, 0.1) is 5.02 Å². The second-order valence-electron chi connectivity index (χ2n) is 5.60. The minimum atomic E-state index is -0.321. The molecule has 1 aliphatic heterocycles. The number of nitrogens with zero attached hydrogens (tertiary/aromatic N) is 1. The summed E-state index contributed by atoms with van der Waals surface area (Å²) in [5.74, 6) is 0.387. The van der Waals surface area contributed by atoms with E-state index in [1.807, 2.05) is 12.1 Å². The Labute approximate surface area is 131 Å². The average molecular weight is 319 g/mol. The molecule has 0 radical (unpaired) electrons. The van der Waals surface area contributed by atoms with Crippen molar-refractivity contribution in [2.24, 2.45) is 5.92 Å². The zero-order valence-electron chi connectivity index (χ0n) is 11.4. The van der Waals surface area contributed by atoms with Gasteiger partial charge in [-0.1, -0.05) is 24.1 Å². The molecule has 0 unspecified atom stereocenters. The Morgan fingerprint density at radius 2 is 1.95 bits per heavy atom. The highest BCUT2D eigenvalue weighted by atomic mass is 35.5. The minimum absolute atomic E-state index is 0. The van der Waals surface area contributed by atoms with Gasteiger partial charge in [-0.2, -0.15) is 0 Å². The lowest BCUT2D eigenvalue weighted by molar-refractivity contribution is 0.0837. The van der Waals surface area contributed by atoms with Gasteiger partial charge < -0.3 is 5.32 Å². The van der Waals surface area contributed by atoms with Gasteiger partial charge in [-0.15, -0.1) is 12.4 Å². The fourth-order valence-electron chi connectivity index (χ4n) is 3.19. The number of halogens is 3. The van der Waals surface area contributed by atoms with Gasteiger partial charge >= 0.3 is 0 Å². The molecular formula is C15H21Cl2FN2. The predicted molar refractivity (Wildman–Crippen MR) is 83.2 cm³/mol. The number of rotatable bonds is 3. The molecule has 0 amide bonds. The van der Waals surface area contributed by atoms with Crippen LogP contribution in [0.15, 0.2) is 18.2 Å². The average Bonchev–Trinajstić information content (AvgIpc) is 2.38. The fraction of sp³-hybridized carbons (Fsp3) is 0.600. The summed E-state index contributed by atoms with van der Waals surface area (Å²) in [7, 11) is 0. The Hall–Kier alpha value is -0.350. The lowest BCUT2D eigenvalue weighted by atomic mass is 9.76. The largest absolute Gasteiger partial charge is 0.314 e. The van der Waals surface area contributed by atoms with Gasteiger partial charge in [-0.3, -0.25) is 4.90 Å². The van der Waals surface area contributed by atoms with E-state index < -0.39 is 0 Å². The lowest BCUT2D eigenvalue weighted by Crippen LogP contribution is -2.47. The molecule has 1 aromatic rings. The number of benzene rings is 1. The lowest BCUT2D eigenvalue weighted by Gasteiger charge is -2.43. The number of hydrogen-bond acceptors (Lipinski definition) is 2. The Morgan fingerprint density at radius 1 is 1.25 bits per heavy atom. The minimum Gasteiger partial charge on any atom is -0.314 e. The van der Waals surface area contributed by atoms with Crippen molar-refractivity contribution in [1.82, 2.24) is 10.2 Å². The molecule has 0 spiro atoms. The van der Waals surface area contributed by atoms with Crippen LogP contribution in [0.5, 0.6) is 0 Å². The molecule has 1 saturated carbocycles. The van der Waals surface area contributed by atoms with E-state index in [2.05, 4.69) is 10.2 Å². The number of nitrogens with one attached hydrogen (secondary N) is 1. The summed E-state index contributed by atoms with van der Waals surface area (Å²) in [5.41, 5.74) is 1.18. The van der Waals surface area contributed by atoms with Gasteiger partial charge in [0.15, 0.2) is 0 Å². The maximum atomic E-state index is 13.3. The first-order valence-corrected chi connectivity index (χ1v) is 7.53. The van der Waals surface area contributed by atoms with Crippen molar-refractivity contribution < 1.29 is 4.39 Å². The molecule has 2 fully saturated rings. The van der Waals surface area contributed by atoms with Gasteiger partial charge in [0.2, 0.25) is 0 Å². The van der Waals surface area contributed by atoms with Crippen molar-refractivity contribution in [3.05, 3.63) is 34.6 Å². The van der Waals surface area contributed by atoms with E-state index >= 15 is 0 Å². The molecule has 2 aliphatic rings. The van der Waals surface area contributed by atoms with Crippen LogP contribution in [0, 0.1) is 11.7 Å². The van der Waals surface area contributed by atoms with Crippen molar-refractivity contribution >= 4 is 24.0 Å². The smallest absolute Gasteiger partial charge is 0.141 e. The maximum Gasteiger partial charge on any atom is 0.141 e. The predicted octanol–water partition coefficient (Wildman–Crippen LogP) is 3.65. The Balaban J connectivity index is 0.00000147. The van der Waals surface area contributed by atoms with Crippen LogP contribution in [0.2, 0.25) is 5.02 Å². The van der Waals surface area contributed by atoms with Crippen molar-refractivity contribution in [2.45, 2.75) is 25.3 Å². The first-order chi connectivity index (χ1) is 9.25. The van der Waals surface area contributed by atoms with Crippen LogP contribution in [0.3, 0.4) is 0 Å². The molecule has 1 aliphatic carbocycles. The van der Waals surface area contributed by atoms with Crippen LogP contribution >= 0.6 is 24.0 Å². The topological polar surface area (TPSA) is 15.3 Å². The van der Waals surface area contributed by atoms with Crippen LogP contribution in [-0.4, -0.2) is 31.1 Å². The number of hydrogen-bond donors (Lipinski definition) is 1. The van der Waals surface area contributed by atoms with E-state index in [4.69, 9.17) is 11.6 Å². The first-order valence-electron chi connectivity index (χ1n) is 7.15. The maximum absolute atomic E-state index is 13.3. The van der Waals surface area contributed by atoms with Gasteiger partial charge in [-0.25, -0.2) is 4.39 Å². The SMILES string of the molecule is Cl.Fc1ccc([C@@H](C2CCC2)N2CCNCC2)cc1Cl. The van der Waals surface area contributed by atoms with Crippen LogP contribution in [0.4, 0.5) is 4.39 Å². The highest BCUT2D eigenvalue weighted by Gasteiger charge is 2.33. The zero-order valence-corrected chi connectivity index (χ0v) is 13.0. The van der Waals surface area contributed by atoms with E-state index in [-0.39, 0.29) is 23.2 Å². The molecule has 3 rings (SSSR count). The van der Waals surface area contributed by atoms with Crippen LogP contribution in [-0.2, 0) is 0 Å². The third kappa shape index (κ3) is 3.28. The first kappa shape index (κ1) is 16.0. The molecule has 1 saturated heterocycles. The van der Waals surface area contributed by atoms with E-state index in [1.54, 1.807) is 0 Å². The Bertz CT molecular complexity index is 445. The Kier molecular flexibility index (Phi) is 5.67. The highest BCUT2D eigenvalue weighted by molar-refractivity contribution is 6.30. The number of piperazine rings is 1. The molecule has 2 nitrogen and oxygen atoms in total. The van der Waals surface area contributed by atoms with Gasteiger partial charge in [0.25, 0.3) is 0 Å². The quantitative estimate of drug-likeness (QED) is 0.915. The Morgan fingerprint density at radius 3 is 2.50 bits per heavy atom. The molecule has 5 heteroatoms. The monoisotopic (exact) mass is 318 g/mol. The van der Waals surface area contributed by atoms with E-state index in [1.165, 1.54) is 30.9 Å². The van der Waals surface area contributed by atoms with Gasteiger partial charge in [-0.05, 0) is 36.5 Å². The van der Waals surface area contributed by atoms with Crippen molar-refractivity contribution in [3.63, 3.8) is 0 Å². The van der Waals surface area contributed by atoms with Gasteiger partial charge in [0.1, 0.15) is 5.82 Å². The molecule has 1 heterocycles. The molecule has 0 bridgehead atoms. The molecule has 1 aromatic carbocycles. The summed E-state index contributed by atoms with van der Waals surface area (Å²) in [6.45, 7) is 4.21. The second-order valence-corrected chi connectivity index (χ2v) is 6.00. The van der Waals surface area contributed by atoms with Crippen molar-refractivity contribution in [3.8, 4) is 0 Å². The molecular weight excluding hydrogens is 298 g/mol. The van der Waals surface area contributed by atoms with Crippen LogP contribution in [0.25, 0.3) is 0 Å². The summed E-state index contributed by atoms with van der Waals surface area (Å²) in [6.07, 6.45) is 3.88. The van der Waals surface area contributed by atoms with Crippen molar-refractivity contribution in [2.75, 3.05) is 26.2 Å². The summed E-state index contributed by atoms with van der Waals surface area (Å²) in [6, 6.07) is 5.65. The molecule has 1 N–H and O–H groups in total. The zero-order chi connectivity index (χ0) is 13.2. The molecule has 0 aromatic heterocycles. The third-order valence-corrected chi connectivity index (χ3v) is 4.72. The third-order valence-electron chi connectivity index (χ3n) is 4.43. The van der Waals surface area contributed by atoms with E-state index in [0.717, 1.165) is 26.2 Å². The summed E-state index contributed by atoms with van der Waals surface area (Å²) >= 11 is 5.96. The normalized spacial score (nSPS) is 21.9. The van der Waals surface area contributed by atoms with Gasteiger partial charge in [0, 0.05) is 32.2 Å². The molecule has 20 heavy (non-hydrogen) atoms. The fourth-order valence-corrected chi connectivity index (χ4v) is 3.38. The van der Waals surface area contributed by atoms with Crippen LogP contribution < -0.4 is 5.32 Å². The summed E-state index contributed by atoms with van der Waals surface area (Å²) < 4.78 is 13.3. The highest BCUT2D eigenvalue weighted by Crippen LogP contribution is 2.42. The molecule has 1 atom stereocenters. The second kappa shape index (κ2) is 7.08. The van der Waals surface area contributed by atoms with Crippen molar-refractivity contribution in [1.29, 1.82) is 0 Å². The van der Waals surface area contributed by atoms with E-state index in [0.29, 0.717) is 12.0 Å². The standard InChI is InChI=1S/C15H20ClFN2.ClH/c16-13-10-12(4-5-14(13)17)15(11-2-1-3-11)19-8-6-18-7-9-19;/h4-5,10-11,15,18H,1-3,6-9H2;1H/t15-;/m1./s1. The van der Waals surface area contributed by atoms with Crippen LogP contribution in [0.1, 0.15) is 30.9 Å². The summed E-state index contributed by atoms with van der Waals surface area (Å²) in [5, 5.41) is 3.64.